The van der Waals surface area contributed by atoms with Crippen molar-refractivity contribution < 1.29 is 14.1 Å². The van der Waals surface area contributed by atoms with Gasteiger partial charge in [-0.25, -0.2) is 0 Å². The number of aryl methyl sites for hydroxylation is 2. The molecular weight excluding hydrogens is 350 g/mol. The van der Waals surface area contributed by atoms with Crippen molar-refractivity contribution in [3.63, 3.8) is 0 Å². The molecule has 3 rings (SSSR count). The third kappa shape index (κ3) is 4.33. The highest BCUT2D eigenvalue weighted by molar-refractivity contribution is 7.99. The molecule has 7 heteroatoms. The number of anilines is 1. The maximum absolute atomic E-state index is 12.5. The van der Waals surface area contributed by atoms with Crippen molar-refractivity contribution >= 4 is 23.4 Å². The summed E-state index contributed by atoms with van der Waals surface area (Å²) in [7, 11) is 1.67. The van der Waals surface area contributed by atoms with Crippen LogP contribution in [0, 0.1) is 13.8 Å². The first kappa shape index (κ1) is 18.6. The number of hydrogen-bond donors (Lipinski definition) is 0. The number of carbonyl (C=O) groups is 1. The molecule has 0 spiro atoms. The van der Waals surface area contributed by atoms with Crippen LogP contribution in [-0.2, 0) is 10.5 Å². The first-order valence-electron chi connectivity index (χ1n) is 8.74. The standard InChI is InChI=1S/C19H25N3O3S/c1-14-18(15(2)25-20-14)12-26-13-19(23)22-10-8-21(9-11-22)16-4-6-17(24-3)7-5-16/h4-7H,8-13H2,1-3H3. The molecule has 1 amide bonds. The number of nitrogens with zero attached hydrogens (tertiary/aromatic N) is 3. The summed E-state index contributed by atoms with van der Waals surface area (Å²) in [5.74, 6) is 3.16. The average molecular weight is 375 g/mol. The van der Waals surface area contributed by atoms with E-state index in [2.05, 4.69) is 22.2 Å². The molecule has 0 bridgehead atoms. The van der Waals surface area contributed by atoms with E-state index >= 15 is 0 Å². The van der Waals surface area contributed by atoms with Crippen LogP contribution in [0.3, 0.4) is 0 Å². The summed E-state index contributed by atoms with van der Waals surface area (Å²) in [6, 6.07) is 8.07. The summed E-state index contributed by atoms with van der Waals surface area (Å²) in [5, 5.41) is 3.95. The molecule has 26 heavy (non-hydrogen) atoms. The second kappa shape index (κ2) is 8.49. The van der Waals surface area contributed by atoms with Crippen LogP contribution < -0.4 is 9.64 Å². The van der Waals surface area contributed by atoms with E-state index < -0.39 is 0 Å². The lowest BCUT2D eigenvalue weighted by atomic mass is 10.2. The van der Waals surface area contributed by atoms with E-state index in [1.165, 1.54) is 5.69 Å². The molecule has 6 nitrogen and oxygen atoms in total. The molecule has 0 N–H and O–H groups in total. The van der Waals surface area contributed by atoms with E-state index in [0.717, 1.165) is 54.7 Å². The highest BCUT2D eigenvalue weighted by Gasteiger charge is 2.21. The molecule has 1 aromatic heterocycles. The van der Waals surface area contributed by atoms with Crippen molar-refractivity contribution in [2.24, 2.45) is 0 Å². The van der Waals surface area contributed by atoms with E-state index in [1.807, 2.05) is 30.9 Å². The number of benzene rings is 1. The van der Waals surface area contributed by atoms with Crippen LogP contribution in [0.5, 0.6) is 5.75 Å². The van der Waals surface area contributed by atoms with Crippen molar-refractivity contribution in [2.45, 2.75) is 19.6 Å². The van der Waals surface area contributed by atoms with E-state index in [-0.39, 0.29) is 5.91 Å². The Morgan fingerprint density at radius 2 is 1.88 bits per heavy atom. The molecule has 0 unspecified atom stereocenters. The van der Waals surface area contributed by atoms with Crippen LogP contribution in [0.25, 0.3) is 0 Å². The van der Waals surface area contributed by atoms with E-state index in [0.29, 0.717) is 5.75 Å². The molecule has 2 aromatic rings. The smallest absolute Gasteiger partial charge is 0.232 e. The van der Waals surface area contributed by atoms with Crippen LogP contribution in [-0.4, -0.2) is 55.0 Å². The molecule has 1 aromatic carbocycles. The number of methoxy groups -OCH3 is 1. The van der Waals surface area contributed by atoms with Crippen molar-refractivity contribution in [1.29, 1.82) is 0 Å². The van der Waals surface area contributed by atoms with Gasteiger partial charge in [-0.2, -0.15) is 0 Å². The van der Waals surface area contributed by atoms with Gasteiger partial charge < -0.3 is 19.1 Å². The van der Waals surface area contributed by atoms with Crippen molar-refractivity contribution in [3.05, 3.63) is 41.3 Å². The van der Waals surface area contributed by atoms with Gasteiger partial charge in [0.2, 0.25) is 5.91 Å². The minimum absolute atomic E-state index is 0.205. The van der Waals surface area contributed by atoms with Gasteiger partial charge in [-0.05, 0) is 38.1 Å². The zero-order chi connectivity index (χ0) is 18.5. The summed E-state index contributed by atoms with van der Waals surface area (Å²) in [4.78, 5) is 16.7. The summed E-state index contributed by atoms with van der Waals surface area (Å²) in [6.45, 7) is 7.08. The quantitative estimate of drug-likeness (QED) is 0.774. The van der Waals surface area contributed by atoms with Gasteiger partial charge in [-0.15, -0.1) is 11.8 Å². The Hall–Kier alpha value is -2.15. The third-order valence-corrected chi connectivity index (χ3v) is 5.67. The largest absolute Gasteiger partial charge is 0.497 e. The van der Waals surface area contributed by atoms with Gasteiger partial charge in [-0.3, -0.25) is 4.79 Å². The van der Waals surface area contributed by atoms with E-state index in [1.54, 1.807) is 18.9 Å². The van der Waals surface area contributed by atoms with E-state index in [4.69, 9.17) is 9.26 Å². The zero-order valence-corrected chi connectivity index (χ0v) is 16.3. The number of hydrogen-bond acceptors (Lipinski definition) is 6. The number of piperazine rings is 1. The molecule has 2 heterocycles. The zero-order valence-electron chi connectivity index (χ0n) is 15.5. The predicted octanol–water partition coefficient (Wildman–Crippen LogP) is 2.88. The summed E-state index contributed by atoms with van der Waals surface area (Å²) >= 11 is 1.62. The molecule has 1 fully saturated rings. The summed E-state index contributed by atoms with van der Waals surface area (Å²) in [6.07, 6.45) is 0. The Morgan fingerprint density at radius 3 is 2.46 bits per heavy atom. The normalized spacial score (nSPS) is 14.6. The number of carbonyl (C=O) groups excluding carboxylic acids is 1. The fraction of sp³-hybridized carbons (Fsp3) is 0.474. The van der Waals surface area contributed by atoms with Gasteiger partial charge in [0, 0.05) is 43.2 Å². The Labute approximate surface area is 158 Å². The molecule has 0 aliphatic carbocycles. The van der Waals surface area contributed by atoms with Crippen molar-refractivity contribution in [3.8, 4) is 5.75 Å². The second-order valence-electron chi connectivity index (χ2n) is 6.36. The number of amides is 1. The summed E-state index contributed by atoms with van der Waals surface area (Å²) < 4.78 is 10.4. The summed E-state index contributed by atoms with van der Waals surface area (Å²) in [5.41, 5.74) is 3.19. The highest BCUT2D eigenvalue weighted by atomic mass is 32.2. The highest BCUT2D eigenvalue weighted by Crippen LogP contribution is 2.22. The number of aromatic nitrogens is 1. The van der Waals surface area contributed by atoms with Gasteiger partial charge in [0.05, 0.1) is 18.6 Å². The molecule has 0 atom stereocenters. The molecule has 1 saturated heterocycles. The molecular formula is C19H25N3O3S. The Morgan fingerprint density at radius 1 is 1.19 bits per heavy atom. The fourth-order valence-corrected chi connectivity index (χ4v) is 4.12. The number of thioether (sulfide) groups is 1. The number of ether oxygens (including phenoxy) is 1. The monoisotopic (exact) mass is 375 g/mol. The van der Waals surface area contributed by atoms with Crippen molar-refractivity contribution in [2.75, 3.05) is 43.9 Å². The van der Waals surface area contributed by atoms with Gasteiger partial charge in [-0.1, -0.05) is 5.16 Å². The Balaban J connectivity index is 1.44. The maximum atomic E-state index is 12.5. The Kier molecular flexibility index (Phi) is 6.08. The molecule has 140 valence electrons. The van der Waals surface area contributed by atoms with Gasteiger partial charge in [0.15, 0.2) is 0 Å². The Bertz CT molecular complexity index is 717. The average Bonchev–Trinajstić information content (AvgIpc) is 3.00. The lowest BCUT2D eigenvalue weighted by molar-refractivity contribution is -0.128. The first-order chi connectivity index (χ1) is 12.6. The van der Waals surface area contributed by atoms with Crippen LogP contribution >= 0.6 is 11.8 Å². The fourth-order valence-electron chi connectivity index (χ4n) is 3.05. The SMILES string of the molecule is COc1ccc(N2CCN(C(=O)CSCc3c(C)noc3C)CC2)cc1. The van der Waals surface area contributed by atoms with Crippen molar-refractivity contribution in [1.82, 2.24) is 10.1 Å². The van der Waals surface area contributed by atoms with Crippen LogP contribution in [0.4, 0.5) is 5.69 Å². The first-order valence-corrected chi connectivity index (χ1v) is 9.90. The van der Waals surface area contributed by atoms with E-state index in [9.17, 15) is 4.79 Å². The van der Waals surface area contributed by atoms with Gasteiger partial charge >= 0.3 is 0 Å². The molecule has 1 aliphatic heterocycles. The topological polar surface area (TPSA) is 58.8 Å². The van der Waals surface area contributed by atoms with Crippen LogP contribution in [0.15, 0.2) is 28.8 Å². The lowest BCUT2D eigenvalue weighted by Gasteiger charge is -2.36. The second-order valence-corrected chi connectivity index (χ2v) is 7.35. The number of rotatable bonds is 6. The molecule has 1 aliphatic rings. The minimum atomic E-state index is 0.205. The van der Waals surface area contributed by atoms with Gasteiger partial charge in [0.25, 0.3) is 0 Å². The van der Waals surface area contributed by atoms with Crippen LogP contribution in [0.1, 0.15) is 17.0 Å². The maximum Gasteiger partial charge on any atom is 0.232 e. The minimum Gasteiger partial charge on any atom is -0.497 e. The third-order valence-electron chi connectivity index (χ3n) is 4.72. The lowest BCUT2D eigenvalue weighted by Crippen LogP contribution is -2.49. The molecule has 0 saturated carbocycles. The molecule has 0 radical (unpaired) electrons. The van der Waals surface area contributed by atoms with Gasteiger partial charge in [0.1, 0.15) is 11.5 Å². The predicted molar refractivity (Wildman–Crippen MR) is 104 cm³/mol. The van der Waals surface area contributed by atoms with Crippen LogP contribution in [0.2, 0.25) is 0 Å².